The quantitative estimate of drug-likeness (QED) is 0.172. The topological polar surface area (TPSA) is 17.8 Å². The molecule has 2 heteroatoms. The third-order valence-corrected chi connectivity index (χ3v) is 7.02. The molecule has 186 valence electrons. The second-order valence-electron chi connectivity index (χ2n) is 10.2. The molecular weight excluding hydrogens is 400 g/mol. The average Bonchev–Trinajstić information content (AvgIpc) is 3.18. The minimum Gasteiger partial charge on any atom is -0.338 e. The molecule has 0 aliphatic heterocycles. The van der Waals surface area contributed by atoms with Crippen molar-refractivity contribution < 1.29 is 0 Å². The van der Waals surface area contributed by atoms with Gasteiger partial charge in [-0.1, -0.05) is 134 Å². The van der Waals surface area contributed by atoms with E-state index in [1.807, 2.05) is 0 Å². The molecule has 2 aromatic rings. The van der Waals surface area contributed by atoms with Crippen LogP contribution in [0, 0.1) is 0 Å². The maximum atomic E-state index is 4.91. The number of aromatic nitrogens is 2. The number of hydrogen-bond acceptors (Lipinski definition) is 1. The summed E-state index contributed by atoms with van der Waals surface area (Å²) in [5.74, 6) is 1.27. The summed E-state index contributed by atoms with van der Waals surface area (Å²) in [6.45, 7) is 2.30. The SMILES string of the molecule is CCCCCCCCCCCCCCCCCCc1nc(CCCc2ccccc2)cn1C. The van der Waals surface area contributed by atoms with Gasteiger partial charge in [-0.2, -0.15) is 0 Å². The highest BCUT2D eigenvalue weighted by atomic mass is 15.0. The Kier molecular flexibility index (Phi) is 15.8. The van der Waals surface area contributed by atoms with Gasteiger partial charge in [-0.15, -0.1) is 0 Å². The van der Waals surface area contributed by atoms with Gasteiger partial charge in [-0.25, -0.2) is 4.98 Å². The predicted molar refractivity (Wildman–Crippen MR) is 145 cm³/mol. The van der Waals surface area contributed by atoms with Gasteiger partial charge in [0, 0.05) is 19.7 Å². The van der Waals surface area contributed by atoms with Gasteiger partial charge in [0.25, 0.3) is 0 Å². The Hall–Kier alpha value is -1.57. The molecule has 33 heavy (non-hydrogen) atoms. The van der Waals surface area contributed by atoms with Crippen LogP contribution in [-0.4, -0.2) is 9.55 Å². The number of benzene rings is 1. The normalized spacial score (nSPS) is 11.3. The minimum absolute atomic E-state index is 1.09. The number of rotatable bonds is 21. The lowest BCUT2D eigenvalue weighted by Crippen LogP contribution is -1.97. The van der Waals surface area contributed by atoms with Gasteiger partial charge >= 0.3 is 0 Å². The first-order valence-electron chi connectivity index (χ1n) is 14.3. The molecule has 0 saturated carbocycles. The molecule has 2 rings (SSSR count). The van der Waals surface area contributed by atoms with E-state index >= 15 is 0 Å². The van der Waals surface area contributed by atoms with Gasteiger partial charge in [0.1, 0.15) is 5.82 Å². The van der Waals surface area contributed by atoms with Gasteiger partial charge in [0.15, 0.2) is 0 Å². The molecule has 0 aliphatic rings. The van der Waals surface area contributed by atoms with Crippen molar-refractivity contribution in [2.24, 2.45) is 7.05 Å². The summed E-state index contributed by atoms with van der Waals surface area (Å²) >= 11 is 0. The first-order valence-corrected chi connectivity index (χ1v) is 14.3. The van der Waals surface area contributed by atoms with Crippen molar-refractivity contribution in [3.63, 3.8) is 0 Å². The molecule has 0 spiro atoms. The molecule has 0 fully saturated rings. The third kappa shape index (κ3) is 13.7. The molecule has 0 bridgehead atoms. The highest BCUT2D eigenvalue weighted by molar-refractivity contribution is 5.15. The maximum Gasteiger partial charge on any atom is 0.108 e. The van der Waals surface area contributed by atoms with Crippen molar-refractivity contribution in [2.45, 2.75) is 135 Å². The molecule has 1 aromatic heterocycles. The molecule has 0 aliphatic carbocycles. The first kappa shape index (κ1) is 27.7. The van der Waals surface area contributed by atoms with Crippen molar-refractivity contribution in [3.05, 3.63) is 53.6 Å². The number of nitrogens with zero attached hydrogens (tertiary/aromatic N) is 2. The lowest BCUT2D eigenvalue weighted by molar-refractivity contribution is 0.528. The van der Waals surface area contributed by atoms with Crippen molar-refractivity contribution in [1.82, 2.24) is 9.55 Å². The monoisotopic (exact) mass is 452 g/mol. The van der Waals surface area contributed by atoms with E-state index < -0.39 is 0 Å². The predicted octanol–water partition coefficient (Wildman–Crippen LogP) is 9.40. The zero-order chi connectivity index (χ0) is 23.4. The standard InChI is InChI=1S/C31H52N2/c1-3-4-5-6-7-8-9-10-11-12-13-14-15-16-17-21-27-31-32-30(28-33(31)2)26-22-25-29-23-19-18-20-24-29/h18-20,23-24,28H,3-17,21-22,25-27H2,1-2H3. The Bertz CT molecular complexity index is 688. The summed E-state index contributed by atoms with van der Waals surface area (Å²) in [4.78, 5) is 4.91. The molecule has 2 nitrogen and oxygen atoms in total. The summed E-state index contributed by atoms with van der Waals surface area (Å²) in [7, 11) is 2.16. The van der Waals surface area contributed by atoms with Crippen molar-refractivity contribution >= 4 is 0 Å². The van der Waals surface area contributed by atoms with Crippen LogP contribution in [0.2, 0.25) is 0 Å². The third-order valence-electron chi connectivity index (χ3n) is 7.02. The fraction of sp³-hybridized carbons (Fsp3) is 0.710. The summed E-state index contributed by atoms with van der Waals surface area (Å²) in [6.07, 6.45) is 29.6. The highest BCUT2D eigenvalue weighted by Crippen LogP contribution is 2.15. The van der Waals surface area contributed by atoms with Crippen LogP contribution in [0.3, 0.4) is 0 Å². The van der Waals surface area contributed by atoms with Crippen molar-refractivity contribution in [1.29, 1.82) is 0 Å². The molecule has 0 N–H and O–H groups in total. The maximum absolute atomic E-state index is 4.91. The number of hydrogen-bond donors (Lipinski definition) is 0. The van der Waals surface area contributed by atoms with Crippen LogP contribution in [0.25, 0.3) is 0 Å². The van der Waals surface area contributed by atoms with E-state index in [0.717, 1.165) is 19.3 Å². The zero-order valence-corrected chi connectivity index (χ0v) is 22.0. The Labute approximate surface area is 205 Å². The van der Waals surface area contributed by atoms with Gasteiger partial charge in [0.2, 0.25) is 0 Å². The van der Waals surface area contributed by atoms with Crippen LogP contribution in [-0.2, 0) is 26.3 Å². The van der Waals surface area contributed by atoms with E-state index in [0.29, 0.717) is 0 Å². The van der Waals surface area contributed by atoms with Crippen LogP contribution >= 0.6 is 0 Å². The van der Waals surface area contributed by atoms with Crippen LogP contribution < -0.4 is 0 Å². The largest absolute Gasteiger partial charge is 0.338 e. The van der Waals surface area contributed by atoms with Gasteiger partial charge < -0.3 is 4.57 Å². The molecule has 0 atom stereocenters. The van der Waals surface area contributed by atoms with Crippen LogP contribution in [0.1, 0.15) is 133 Å². The molecule has 0 amide bonds. The van der Waals surface area contributed by atoms with Gasteiger partial charge in [0.05, 0.1) is 5.69 Å². The molecule has 1 heterocycles. The minimum atomic E-state index is 1.09. The van der Waals surface area contributed by atoms with Crippen LogP contribution in [0.5, 0.6) is 0 Å². The summed E-state index contributed by atoms with van der Waals surface area (Å²) in [6, 6.07) is 10.8. The zero-order valence-electron chi connectivity index (χ0n) is 22.0. The van der Waals surface area contributed by atoms with Crippen LogP contribution in [0.4, 0.5) is 0 Å². The van der Waals surface area contributed by atoms with E-state index in [1.54, 1.807) is 0 Å². The van der Waals surface area contributed by atoms with E-state index in [1.165, 1.54) is 126 Å². The second kappa shape index (κ2) is 18.8. The van der Waals surface area contributed by atoms with E-state index in [2.05, 4.69) is 55.1 Å². The highest BCUT2D eigenvalue weighted by Gasteiger charge is 2.05. The average molecular weight is 453 g/mol. The Morgan fingerprint density at radius 3 is 1.64 bits per heavy atom. The lowest BCUT2D eigenvalue weighted by atomic mass is 10.0. The molecule has 0 unspecified atom stereocenters. The molecule has 1 aromatic carbocycles. The fourth-order valence-corrected chi connectivity index (χ4v) is 4.87. The van der Waals surface area contributed by atoms with Crippen molar-refractivity contribution in [2.75, 3.05) is 0 Å². The summed E-state index contributed by atoms with van der Waals surface area (Å²) in [5, 5.41) is 0. The lowest BCUT2D eigenvalue weighted by Gasteiger charge is -2.04. The van der Waals surface area contributed by atoms with E-state index in [4.69, 9.17) is 4.98 Å². The Morgan fingerprint density at radius 2 is 1.09 bits per heavy atom. The van der Waals surface area contributed by atoms with Gasteiger partial charge in [-0.05, 0) is 31.2 Å². The summed E-state index contributed by atoms with van der Waals surface area (Å²) < 4.78 is 2.25. The Morgan fingerprint density at radius 1 is 0.576 bits per heavy atom. The summed E-state index contributed by atoms with van der Waals surface area (Å²) in [5.41, 5.74) is 2.70. The molecular formula is C31H52N2. The molecule has 0 radical (unpaired) electrons. The van der Waals surface area contributed by atoms with Crippen molar-refractivity contribution in [3.8, 4) is 0 Å². The van der Waals surface area contributed by atoms with E-state index in [9.17, 15) is 0 Å². The first-order chi connectivity index (χ1) is 16.3. The number of aryl methyl sites for hydroxylation is 4. The second-order valence-corrected chi connectivity index (χ2v) is 10.2. The fourth-order valence-electron chi connectivity index (χ4n) is 4.87. The Balaban J connectivity index is 1.39. The smallest absolute Gasteiger partial charge is 0.108 e. The number of imidazole rings is 1. The van der Waals surface area contributed by atoms with Crippen LogP contribution in [0.15, 0.2) is 36.5 Å². The number of unbranched alkanes of at least 4 members (excludes halogenated alkanes) is 15. The molecule has 0 saturated heterocycles. The van der Waals surface area contributed by atoms with Gasteiger partial charge in [-0.3, -0.25) is 0 Å². The van der Waals surface area contributed by atoms with E-state index in [-0.39, 0.29) is 0 Å².